The van der Waals surface area contributed by atoms with Crippen molar-refractivity contribution in [3.8, 4) is 0 Å². The van der Waals surface area contributed by atoms with Gasteiger partial charge >= 0.3 is 0 Å². The average Bonchev–Trinajstić information content (AvgIpc) is 3.36. The fourth-order valence-electron chi connectivity index (χ4n) is 4.14. The van der Waals surface area contributed by atoms with Crippen LogP contribution >= 0.6 is 0 Å². The van der Waals surface area contributed by atoms with E-state index in [0.717, 1.165) is 31.6 Å². The largest absolute Gasteiger partial charge is 0.503 e. The van der Waals surface area contributed by atoms with Crippen molar-refractivity contribution in [3.05, 3.63) is 71.2 Å². The molecule has 1 N–H and O–H groups in total. The highest BCUT2D eigenvalue weighted by molar-refractivity contribution is 6.16. The number of amides is 1. The van der Waals surface area contributed by atoms with Crippen LogP contribution in [0.2, 0.25) is 0 Å². The van der Waals surface area contributed by atoms with Crippen molar-refractivity contribution in [2.75, 3.05) is 22.9 Å². The van der Waals surface area contributed by atoms with Crippen LogP contribution in [0.15, 0.2) is 59.9 Å². The van der Waals surface area contributed by atoms with Gasteiger partial charge in [0, 0.05) is 36.4 Å². The van der Waals surface area contributed by atoms with E-state index >= 15 is 0 Å². The summed E-state index contributed by atoms with van der Waals surface area (Å²) >= 11 is 0. The van der Waals surface area contributed by atoms with Crippen molar-refractivity contribution < 1.29 is 19.1 Å². The monoisotopic (exact) mass is 394 g/mol. The number of carbonyl (C=O) groups excluding carboxylic acids is 2. The highest BCUT2D eigenvalue weighted by Gasteiger charge is 2.44. The van der Waals surface area contributed by atoms with Crippen molar-refractivity contribution in [2.45, 2.75) is 32.2 Å². The van der Waals surface area contributed by atoms with Crippen LogP contribution in [0.25, 0.3) is 0 Å². The number of anilines is 2. The molecule has 6 heteroatoms. The van der Waals surface area contributed by atoms with E-state index < -0.39 is 23.5 Å². The van der Waals surface area contributed by atoms with Gasteiger partial charge in [0.1, 0.15) is 5.82 Å². The van der Waals surface area contributed by atoms with Crippen LogP contribution in [0.3, 0.4) is 0 Å². The molecule has 0 saturated carbocycles. The summed E-state index contributed by atoms with van der Waals surface area (Å²) in [7, 11) is 0. The third-order valence-electron chi connectivity index (χ3n) is 5.63. The first kappa shape index (κ1) is 19.2. The minimum Gasteiger partial charge on any atom is -0.503 e. The van der Waals surface area contributed by atoms with Gasteiger partial charge in [-0.25, -0.2) is 4.39 Å². The van der Waals surface area contributed by atoms with Crippen LogP contribution in [0.4, 0.5) is 15.8 Å². The Morgan fingerprint density at radius 1 is 1.07 bits per heavy atom. The fraction of sp³-hybridized carbons (Fsp3) is 0.304. The Morgan fingerprint density at radius 2 is 1.69 bits per heavy atom. The highest BCUT2D eigenvalue weighted by Crippen LogP contribution is 2.42. The van der Waals surface area contributed by atoms with Crippen LogP contribution in [-0.4, -0.2) is 29.9 Å². The van der Waals surface area contributed by atoms with E-state index in [4.69, 9.17) is 0 Å². The van der Waals surface area contributed by atoms with Gasteiger partial charge in [0.15, 0.2) is 11.5 Å². The molecular weight excluding hydrogens is 371 g/mol. The molecule has 0 aliphatic carbocycles. The van der Waals surface area contributed by atoms with E-state index in [1.165, 1.54) is 11.0 Å². The second-order valence-corrected chi connectivity index (χ2v) is 7.35. The quantitative estimate of drug-likeness (QED) is 0.821. The molecule has 29 heavy (non-hydrogen) atoms. The van der Waals surface area contributed by atoms with Crippen LogP contribution in [0.1, 0.15) is 37.8 Å². The van der Waals surface area contributed by atoms with Crippen LogP contribution in [0.5, 0.6) is 0 Å². The molecule has 2 aliphatic rings. The molecule has 1 amide bonds. The molecular formula is C23H23FN2O3. The Balaban J connectivity index is 1.77. The normalized spacial score (nSPS) is 19.4. The summed E-state index contributed by atoms with van der Waals surface area (Å²) in [5.74, 6) is -2.20. The predicted octanol–water partition coefficient (Wildman–Crippen LogP) is 4.31. The van der Waals surface area contributed by atoms with E-state index in [9.17, 15) is 19.1 Å². The number of benzene rings is 2. The zero-order valence-electron chi connectivity index (χ0n) is 16.3. The second-order valence-electron chi connectivity index (χ2n) is 7.35. The molecule has 1 fully saturated rings. The SMILES string of the molecule is CCC(=O)C1=C(O)C(=O)N(c2ccc(N3CCCC3)cc2)C1c1ccccc1F. The van der Waals surface area contributed by atoms with Crippen LogP contribution < -0.4 is 9.80 Å². The highest BCUT2D eigenvalue weighted by atomic mass is 19.1. The molecule has 2 aromatic rings. The number of rotatable bonds is 5. The first-order valence-corrected chi connectivity index (χ1v) is 9.92. The fourth-order valence-corrected chi connectivity index (χ4v) is 4.14. The summed E-state index contributed by atoms with van der Waals surface area (Å²) in [4.78, 5) is 29.0. The van der Waals surface area contributed by atoms with Gasteiger partial charge in [0.05, 0.1) is 11.6 Å². The summed E-state index contributed by atoms with van der Waals surface area (Å²) in [6, 6.07) is 12.5. The van der Waals surface area contributed by atoms with Crippen molar-refractivity contribution in [1.82, 2.24) is 0 Å². The van der Waals surface area contributed by atoms with Crippen LogP contribution in [0, 0.1) is 5.82 Å². The summed E-state index contributed by atoms with van der Waals surface area (Å²) in [5.41, 5.74) is 1.70. The number of hydrogen-bond donors (Lipinski definition) is 1. The summed E-state index contributed by atoms with van der Waals surface area (Å²) in [5, 5.41) is 10.5. The van der Waals surface area contributed by atoms with E-state index in [2.05, 4.69) is 4.90 Å². The van der Waals surface area contributed by atoms with Crippen molar-refractivity contribution in [2.24, 2.45) is 0 Å². The van der Waals surface area contributed by atoms with Gasteiger partial charge in [-0.15, -0.1) is 0 Å². The van der Waals surface area contributed by atoms with Gasteiger partial charge < -0.3 is 10.0 Å². The lowest BCUT2D eigenvalue weighted by Gasteiger charge is -2.28. The molecule has 4 rings (SSSR count). The maximum absolute atomic E-state index is 14.6. The molecule has 2 heterocycles. The molecule has 1 atom stereocenters. The Kier molecular flexibility index (Phi) is 5.09. The standard InChI is InChI=1S/C23H23FN2O3/c1-2-19(27)20-21(17-7-3-4-8-18(17)24)26(23(29)22(20)28)16-11-9-15(10-12-16)25-13-5-6-14-25/h3-4,7-12,21,28H,2,5-6,13-14H2,1H3. The number of aliphatic hydroxyl groups is 1. The van der Waals surface area contributed by atoms with Gasteiger partial charge in [0.25, 0.3) is 5.91 Å². The number of aliphatic hydroxyl groups excluding tert-OH is 1. The molecule has 2 aliphatic heterocycles. The lowest BCUT2D eigenvalue weighted by atomic mass is 9.94. The van der Waals surface area contributed by atoms with Gasteiger partial charge in [-0.2, -0.15) is 0 Å². The third-order valence-corrected chi connectivity index (χ3v) is 5.63. The van der Waals surface area contributed by atoms with Gasteiger partial charge in [-0.1, -0.05) is 25.1 Å². The smallest absolute Gasteiger partial charge is 0.294 e. The van der Waals surface area contributed by atoms with Crippen LogP contribution in [-0.2, 0) is 9.59 Å². The maximum Gasteiger partial charge on any atom is 0.294 e. The second kappa shape index (κ2) is 7.70. The molecule has 0 bridgehead atoms. The van der Waals surface area contributed by atoms with Gasteiger partial charge in [-0.05, 0) is 43.2 Å². The van der Waals surface area contributed by atoms with E-state index in [1.54, 1.807) is 37.3 Å². The number of halogens is 1. The molecule has 1 unspecified atom stereocenters. The minimum atomic E-state index is -0.992. The van der Waals surface area contributed by atoms with Crippen molar-refractivity contribution in [3.63, 3.8) is 0 Å². The predicted molar refractivity (Wildman–Crippen MR) is 109 cm³/mol. The molecule has 5 nitrogen and oxygen atoms in total. The zero-order chi connectivity index (χ0) is 20.5. The van der Waals surface area contributed by atoms with Gasteiger partial charge in [0.2, 0.25) is 0 Å². The Labute approximate surface area is 169 Å². The number of nitrogens with zero attached hydrogens (tertiary/aromatic N) is 2. The summed E-state index contributed by atoms with van der Waals surface area (Å²) < 4.78 is 14.6. The number of Topliss-reactive ketones (excluding diaryl/α,β-unsaturated/α-hetero) is 1. The van der Waals surface area contributed by atoms with E-state index in [0.29, 0.717) is 5.69 Å². The Hall–Kier alpha value is -3.15. The topological polar surface area (TPSA) is 60.9 Å². The van der Waals surface area contributed by atoms with Gasteiger partial charge in [-0.3, -0.25) is 14.5 Å². The first-order chi connectivity index (χ1) is 14.0. The van der Waals surface area contributed by atoms with E-state index in [-0.39, 0.29) is 23.3 Å². The number of carbonyl (C=O) groups is 2. The minimum absolute atomic E-state index is 0.0498. The lowest BCUT2D eigenvalue weighted by molar-refractivity contribution is -0.118. The van der Waals surface area contributed by atoms with Crippen molar-refractivity contribution >= 4 is 23.1 Å². The lowest BCUT2D eigenvalue weighted by Crippen LogP contribution is -2.31. The molecule has 0 radical (unpaired) electrons. The molecule has 0 spiro atoms. The Morgan fingerprint density at radius 3 is 2.31 bits per heavy atom. The summed E-state index contributed by atoms with van der Waals surface area (Å²) in [6.45, 7) is 3.65. The molecule has 150 valence electrons. The Bertz CT molecular complexity index is 978. The third kappa shape index (κ3) is 3.28. The first-order valence-electron chi connectivity index (χ1n) is 9.92. The zero-order valence-corrected chi connectivity index (χ0v) is 16.3. The van der Waals surface area contributed by atoms with Crippen molar-refractivity contribution in [1.29, 1.82) is 0 Å². The molecule has 2 aromatic carbocycles. The number of ketones is 1. The number of hydrogen-bond acceptors (Lipinski definition) is 4. The summed E-state index contributed by atoms with van der Waals surface area (Å²) in [6.07, 6.45) is 2.42. The molecule has 0 aromatic heterocycles. The van der Waals surface area contributed by atoms with E-state index in [1.807, 2.05) is 12.1 Å². The molecule has 1 saturated heterocycles. The maximum atomic E-state index is 14.6. The average molecular weight is 394 g/mol.